The number of alkyl halides is 3. The van der Waals surface area contributed by atoms with E-state index in [1.165, 1.54) is 21.2 Å². The molecule has 0 saturated heterocycles. The van der Waals surface area contributed by atoms with E-state index >= 15 is 0 Å². The van der Waals surface area contributed by atoms with E-state index < -0.39 is 23.3 Å². The summed E-state index contributed by atoms with van der Waals surface area (Å²) in [4.78, 5) is 17.9. The van der Waals surface area contributed by atoms with Crippen LogP contribution in [0.1, 0.15) is 24.2 Å². The van der Waals surface area contributed by atoms with E-state index in [2.05, 4.69) is 15.4 Å². The molecule has 5 rings (SSSR count). The van der Waals surface area contributed by atoms with Crippen LogP contribution in [0.5, 0.6) is 0 Å². The van der Waals surface area contributed by atoms with Crippen molar-refractivity contribution in [3.63, 3.8) is 0 Å². The van der Waals surface area contributed by atoms with Gasteiger partial charge in [-0.25, -0.2) is 9.50 Å². The second-order valence-electron chi connectivity index (χ2n) is 7.76. The van der Waals surface area contributed by atoms with Crippen LogP contribution in [0.25, 0.3) is 22.1 Å². The highest BCUT2D eigenvalue weighted by molar-refractivity contribution is 6.29. The van der Waals surface area contributed by atoms with Crippen LogP contribution in [0.3, 0.4) is 0 Å². The van der Waals surface area contributed by atoms with E-state index in [1.54, 1.807) is 61.8 Å². The molecule has 1 N–H and O–H groups in total. The Bertz CT molecular complexity index is 1580. The van der Waals surface area contributed by atoms with Crippen molar-refractivity contribution in [3.8, 4) is 5.69 Å². The smallest absolute Gasteiger partial charge is 0.374 e. The summed E-state index contributed by atoms with van der Waals surface area (Å²) < 4.78 is 44.1. The molecular weight excluding hydrogens is 467 g/mol. The molecule has 0 amide bonds. The molecule has 0 spiro atoms. The zero-order chi connectivity index (χ0) is 24.0. The van der Waals surface area contributed by atoms with Gasteiger partial charge in [0.1, 0.15) is 0 Å². The molecule has 0 bridgehead atoms. The van der Waals surface area contributed by atoms with Gasteiger partial charge in [0, 0.05) is 29.8 Å². The lowest BCUT2D eigenvalue weighted by molar-refractivity contribution is -0.136. The van der Waals surface area contributed by atoms with Gasteiger partial charge < -0.3 is 5.32 Å². The highest BCUT2D eigenvalue weighted by Gasteiger charge is 2.34. The Morgan fingerprint density at radius 2 is 1.82 bits per heavy atom. The molecule has 1 unspecified atom stereocenters. The first-order valence-electron chi connectivity index (χ1n) is 10.3. The lowest BCUT2D eigenvalue weighted by Crippen LogP contribution is -2.27. The molecule has 0 aliphatic rings. The van der Waals surface area contributed by atoms with Crippen LogP contribution in [0.4, 0.5) is 18.9 Å². The molecule has 1 atom stereocenters. The minimum atomic E-state index is -4.67. The number of nitrogens with one attached hydrogen (secondary N) is 1. The predicted molar refractivity (Wildman–Crippen MR) is 125 cm³/mol. The number of nitrogens with zero attached hydrogens (tertiary/aromatic N) is 4. The van der Waals surface area contributed by atoms with E-state index in [0.717, 1.165) is 6.07 Å². The molecule has 0 fully saturated rings. The highest BCUT2D eigenvalue weighted by atomic mass is 35.5. The molecule has 5 aromatic rings. The van der Waals surface area contributed by atoms with Gasteiger partial charge in [0.25, 0.3) is 5.56 Å². The fourth-order valence-corrected chi connectivity index (χ4v) is 4.27. The van der Waals surface area contributed by atoms with Gasteiger partial charge in [-0.1, -0.05) is 41.9 Å². The Morgan fingerprint density at radius 3 is 2.56 bits per heavy atom. The normalized spacial score (nSPS) is 12.9. The number of hydrogen-bond acceptors (Lipinski definition) is 4. The maximum absolute atomic E-state index is 13.7. The molecular formula is C24H17ClF3N5O. The van der Waals surface area contributed by atoms with Gasteiger partial charge in [-0.3, -0.25) is 9.36 Å². The third-order valence-electron chi connectivity index (χ3n) is 5.54. The summed E-state index contributed by atoms with van der Waals surface area (Å²) in [5.74, 6) is 0. The standard InChI is InChI=1S/C24H17ClF3N5O/c1-14(30-18-13-20(25)31-32-11-10-29-22(18)32)19-12-15-6-5-9-17(24(26,27)28)21(15)23(34)33(19)16-7-3-2-4-8-16/h2-14,30H,1H3. The van der Waals surface area contributed by atoms with E-state index in [0.29, 0.717) is 22.7 Å². The number of rotatable bonds is 4. The summed E-state index contributed by atoms with van der Waals surface area (Å²) >= 11 is 6.14. The number of aromatic nitrogens is 4. The molecule has 6 nitrogen and oxygen atoms in total. The predicted octanol–water partition coefficient (Wildman–Crippen LogP) is 5.88. The Labute approximate surface area is 196 Å². The summed E-state index contributed by atoms with van der Waals surface area (Å²) in [6, 6.07) is 15.0. The highest BCUT2D eigenvalue weighted by Crippen LogP contribution is 2.35. The van der Waals surface area contributed by atoms with E-state index in [9.17, 15) is 18.0 Å². The molecule has 0 saturated carbocycles. The number of para-hydroxylation sites is 1. The van der Waals surface area contributed by atoms with Gasteiger partial charge in [-0.2, -0.15) is 18.3 Å². The molecule has 3 heterocycles. The Kier molecular flexibility index (Phi) is 5.28. The maximum atomic E-state index is 13.7. The van der Waals surface area contributed by atoms with Gasteiger partial charge in [0.05, 0.1) is 22.7 Å². The van der Waals surface area contributed by atoms with Crippen LogP contribution in [-0.2, 0) is 6.18 Å². The molecule has 34 heavy (non-hydrogen) atoms. The average Bonchev–Trinajstić information content (AvgIpc) is 3.27. The molecule has 0 aliphatic heterocycles. The summed E-state index contributed by atoms with van der Waals surface area (Å²) in [7, 11) is 0. The van der Waals surface area contributed by atoms with Crippen molar-refractivity contribution in [2.45, 2.75) is 19.1 Å². The lowest BCUT2D eigenvalue weighted by atomic mass is 10.0. The van der Waals surface area contributed by atoms with Gasteiger partial charge in [-0.05, 0) is 36.6 Å². The fourth-order valence-electron chi connectivity index (χ4n) is 4.08. The van der Waals surface area contributed by atoms with E-state index in [4.69, 9.17) is 11.6 Å². The maximum Gasteiger partial charge on any atom is 0.417 e. The summed E-state index contributed by atoms with van der Waals surface area (Å²) in [5.41, 5.74) is 0.291. The second kappa shape index (κ2) is 8.18. The van der Waals surface area contributed by atoms with Crippen molar-refractivity contribution in [1.29, 1.82) is 0 Å². The zero-order valence-electron chi connectivity index (χ0n) is 17.7. The first kappa shape index (κ1) is 22.0. The topological polar surface area (TPSA) is 64.2 Å². The number of halogens is 4. The van der Waals surface area contributed by atoms with Gasteiger partial charge in [0.15, 0.2) is 10.8 Å². The monoisotopic (exact) mass is 483 g/mol. The molecule has 3 aromatic heterocycles. The Balaban J connectivity index is 1.74. The fraction of sp³-hybridized carbons (Fsp3) is 0.125. The molecule has 172 valence electrons. The number of anilines is 1. The van der Waals surface area contributed by atoms with Crippen LogP contribution in [0.2, 0.25) is 5.15 Å². The lowest BCUT2D eigenvalue weighted by Gasteiger charge is -2.23. The van der Waals surface area contributed by atoms with Crippen molar-refractivity contribution in [2.75, 3.05) is 5.32 Å². The minimum Gasteiger partial charge on any atom is -0.374 e. The first-order chi connectivity index (χ1) is 16.2. The number of imidazole rings is 1. The van der Waals surface area contributed by atoms with Crippen molar-refractivity contribution < 1.29 is 13.2 Å². The van der Waals surface area contributed by atoms with Crippen molar-refractivity contribution in [3.05, 3.63) is 99.8 Å². The van der Waals surface area contributed by atoms with Crippen LogP contribution < -0.4 is 10.9 Å². The Morgan fingerprint density at radius 1 is 1.06 bits per heavy atom. The summed E-state index contributed by atoms with van der Waals surface area (Å²) in [6.45, 7) is 1.81. The molecule has 0 aliphatic carbocycles. The minimum absolute atomic E-state index is 0.203. The van der Waals surface area contributed by atoms with Crippen molar-refractivity contribution in [2.24, 2.45) is 0 Å². The largest absolute Gasteiger partial charge is 0.417 e. The first-order valence-corrected chi connectivity index (χ1v) is 10.7. The van der Waals surface area contributed by atoms with Crippen molar-refractivity contribution >= 4 is 33.7 Å². The second-order valence-corrected chi connectivity index (χ2v) is 8.14. The molecule has 2 aromatic carbocycles. The number of hydrogen-bond donors (Lipinski definition) is 1. The van der Waals surface area contributed by atoms with Gasteiger partial charge in [0.2, 0.25) is 0 Å². The quantitative estimate of drug-likeness (QED) is 0.347. The summed E-state index contributed by atoms with van der Waals surface area (Å²) in [6.07, 6.45) is -1.45. The van der Waals surface area contributed by atoms with Crippen LogP contribution >= 0.6 is 11.6 Å². The number of benzene rings is 2. The number of pyridine rings is 1. The van der Waals surface area contributed by atoms with E-state index in [-0.39, 0.29) is 15.9 Å². The van der Waals surface area contributed by atoms with Gasteiger partial charge in [-0.15, -0.1) is 0 Å². The average molecular weight is 484 g/mol. The SMILES string of the molecule is CC(Nc1cc(Cl)nn2ccnc12)c1cc2cccc(C(F)(F)F)c2c(=O)n1-c1ccccc1. The third kappa shape index (κ3) is 3.77. The molecule has 0 radical (unpaired) electrons. The molecule has 10 heteroatoms. The van der Waals surface area contributed by atoms with Gasteiger partial charge >= 0.3 is 6.18 Å². The third-order valence-corrected chi connectivity index (χ3v) is 5.72. The van der Waals surface area contributed by atoms with Crippen molar-refractivity contribution in [1.82, 2.24) is 19.2 Å². The van der Waals surface area contributed by atoms with E-state index in [1.807, 2.05) is 0 Å². The van der Waals surface area contributed by atoms with Crippen LogP contribution in [0.15, 0.2) is 77.9 Å². The summed E-state index contributed by atoms with van der Waals surface area (Å²) in [5, 5.41) is 7.49. The Hall–Kier alpha value is -3.85. The van der Waals surface area contributed by atoms with Crippen LogP contribution in [0, 0.1) is 0 Å². The number of fused-ring (bicyclic) bond motifs is 2. The van der Waals surface area contributed by atoms with Crippen LogP contribution in [-0.4, -0.2) is 19.2 Å². The zero-order valence-corrected chi connectivity index (χ0v) is 18.5.